The Morgan fingerprint density at radius 3 is 2.62 bits per heavy atom. The van der Waals surface area contributed by atoms with E-state index < -0.39 is 5.82 Å². The normalized spacial score (nSPS) is 17.6. The van der Waals surface area contributed by atoms with Gasteiger partial charge < -0.3 is 14.6 Å². The maximum atomic E-state index is 12.9. The van der Waals surface area contributed by atoms with E-state index in [4.69, 9.17) is 4.74 Å². The highest BCUT2D eigenvalue weighted by Gasteiger charge is 2.28. The Hall–Kier alpha value is -2.02. The molecule has 0 radical (unpaired) electrons. The van der Waals surface area contributed by atoms with Gasteiger partial charge in [-0.25, -0.2) is 19.3 Å². The van der Waals surface area contributed by atoms with Gasteiger partial charge in [0.2, 0.25) is 5.95 Å². The van der Waals surface area contributed by atoms with Crippen molar-refractivity contribution in [3.05, 3.63) is 36.4 Å². The van der Waals surface area contributed by atoms with Gasteiger partial charge in [0.15, 0.2) is 5.82 Å². The quantitative estimate of drug-likeness (QED) is 0.932. The standard InChI is InChI=1S/C14H18FN5O/c1-20-5-4-16-13(20)12(10-2-6-21-7-3-10)19-14-17-8-11(15)9-18-14/h4-5,8-10,12H,2-3,6-7H2,1H3,(H,17,18,19)/t12-/m1/s1. The minimum atomic E-state index is -0.444. The molecule has 1 fully saturated rings. The summed E-state index contributed by atoms with van der Waals surface area (Å²) < 4.78 is 20.3. The van der Waals surface area contributed by atoms with Gasteiger partial charge in [-0.05, 0) is 18.8 Å². The Balaban J connectivity index is 1.84. The summed E-state index contributed by atoms with van der Waals surface area (Å²) in [6.45, 7) is 1.50. The third-order valence-electron chi connectivity index (χ3n) is 3.78. The number of ether oxygens (including phenoxy) is 1. The molecule has 1 saturated heterocycles. The molecule has 0 amide bonds. The summed E-state index contributed by atoms with van der Waals surface area (Å²) in [5.41, 5.74) is 0. The van der Waals surface area contributed by atoms with Gasteiger partial charge in [0.25, 0.3) is 0 Å². The monoisotopic (exact) mass is 291 g/mol. The van der Waals surface area contributed by atoms with E-state index >= 15 is 0 Å². The lowest BCUT2D eigenvalue weighted by atomic mass is 9.91. The fourth-order valence-corrected chi connectivity index (χ4v) is 2.65. The highest BCUT2D eigenvalue weighted by Crippen LogP contribution is 2.31. The maximum absolute atomic E-state index is 12.9. The molecule has 0 spiro atoms. The van der Waals surface area contributed by atoms with E-state index in [0.717, 1.165) is 44.3 Å². The molecule has 1 atom stereocenters. The number of rotatable bonds is 4. The van der Waals surface area contributed by atoms with Gasteiger partial charge in [0.05, 0.1) is 18.4 Å². The number of aryl methyl sites for hydroxylation is 1. The van der Waals surface area contributed by atoms with Gasteiger partial charge in [-0.2, -0.15) is 0 Å². The second kappa shape index (κ2) is 6.17. The average molecular weight is 291 g/mol. The van der Waals surface area contributed by atoms with Crippen molar-refractivity contribution < 1.29 is 9.13 Å². The molecule has 3 rings (SSSR count). The molecule has 2 aromatic rings. The predicted molar refractivity (Wildman–Crippen MR) is 75.1 cm³/mol. The zero-order chi connectivity index (χ0) is 14.7. The molecule has 0 aliphatic carbocycles. The molecule has 21 heavy (non-hydrogen) atoms. The Bertz CT molecular complexity index is 579. The van der Waals surface area contributed by atoms with Gasteiger partial charge in [-0.15, -0.1) is 0 Å². The van der Waals surface area contributed by atoms with E-state index in [1.54, 1.807) is 6.20 Å². The van der Waals surface area contributed by atoms with E-state index in [-0.39, 0.29) is 6.04 Å². The molecular formula is C14H18FN5O. The van der Waals surface area contributed by atoms with E-state index in [1.165, 1.54) is 0 Å². The maximum Gasteiger partial charge on any atom is 0.223 e. The SMILES string of the molecule is Cn1ccnc1[C@H](Nc1ncc(F)cn1)C1CCOCC1. The van der Waals surface area contributed by atoms with Crippen LogP contribution >= 0.6 is 0 Å². The molecule has 0 bridgehead atoms. The molecular weight excluding hydrogens is 273 g/mol. The Morgan fingerprint density at radius 2 is 2.00 bits per heavy atom. The third kappa shape index (κ3) is 3.18. The van der Waals surface area contributed by atoms with Gasteiger partial charge in [0, 0.05) is 32.7 Å². The largest absolute Gasteiger partial charge is 0.381 e. The smallest absolute Gasteiger partial charge is 0.223 e. The van der Waals surface area contributed by atoms with Crippen LogP contribution in [0.4, 0.5) is 10.3 Å². The number of nitrogens with zero attached hydrogens (tertiary/aromatic N) is 4. The number of anilines is 1. The Morgan fingerprint density at radius 1 is 1.29 bits per heavy atom. The molecule has 1 aliphatic rings. The highest BCUT2D eigenvalue weighted by molar-refractivity contribution is 5.27. The van der Waals surface area contributed by atoms with Crippen molar-refractivity contribution in [3.63, 3.8) is 0 Å². The van der Waals surface area contributed by atoms with Crippen molar-refractivity contribution in [2.75, 3.05) is 18.5 Å². The van der Waals surface area contributed by atoms with Gasteiger partial charge in [-0.3, -0.25) is 0 Å². The number of halogens is 1. The van der Waals surface area contributed by atoms with Gasteiger partial charge >= 0.3 is 0 Å². The van der Waals surface area contributed by atoms with Crippen LogP contribution in [-0.4, -0.2) is 32.7 Å². The van der Waals surface area contributed by atoms with Crippen LogP contribution in [0.1, 0.15) is 24.7 Å². The number of imidazole rings is 1. The molecule has 112 valence electrons. The summed E-state index contributed by atoms with van der Waals surface area (Å²) in [5, 5.41) is 3.29. The second-order valence-corrected chi connectivity index (χ2v) is 5.19. The Kier molecular flexibility index (Phi) is 4.10. The van der Waals surface area contributed by atoms with Crippen molar-refractivity contribution in [2.24, 2.45) is 13.0 Å². The molecule has 0 aromatic carbocycles. The highest BCUT2D eigenvalue weighted by atomic mass is 19.1. The zero-order valence-corrected chi connectivity index (χ0v) is 11.9. The summed E-state index contributed by atoms with van der Waals surface area (Å²) in [7, 11) is 1.96. The molecule has 3 heterocycles. The summed E-state index contributed by atoms with van der Waals surface area (Å²) in [6.07, 6.45) is 7.91. The molecule has 0 unspecified atom stereocenters. The van der Waals surface area contributed by atoms with E-state index in [0.29, 0.717) is 11.9 Å². The first-order chi connectivity index (χ1) is 10.2. The first kappa shape index (κ1) is 13.9. The van der Waals surface area contributed by atoms with Crippen LogP contribution in [0.3, 0.4) is 0 Å². The van der Waals surface area contributed by atoms with Gasteiger partial charge in [0.1, 0.15) is 5.82 Å². The van der Waals surface area contributed by atoms with Crippen molar-refractivity contribution in [1.29, 1.82) is 0 Å². The summed E-state index contributed by atoms with van der Waals surface area (Å²) in [4.78, 5) is 12.4. The lowest BCUT2D eigenvalue weighted by molar-refractivity contribution is 0.0593. The van der Waals surface area contributed by atoms with Crippen LogP contribution in [0.15, 0.2) is 24.8 Å². The van der Waals surface area contributed by atoms with Crippen LogP contribution in [0.5, 0.6) is 0 Å². The van der Waals surface area contributed by atoms with Crippen LogP contribution in [0, 0.1) is 11.7 Å². The van der Waals surface area contributed by atoms with Crippen molar-refractivity contribution in [2.45, 2.75) is 18.9 Å². The zero-order valence-electron chi connectivity index (χ0n) is 11.9. The fourth-order valence-electron chi connectivity index (χ4n) is 2.65. The molecule has 2 aromatic heterocycles. The van der Waals surface area contributed by atoms with Crippen LogP contribution in [-0.2, 0) is 11.8 Å². The lowest BCUT2D eigenvalue weighted by Crippen LogP contribution is -2.29. The number of hydrogen-bond donors (Lipinski definition) is 1. The number of aromatic nitrogens is 4. The first-order valence-corrected chi connectivity index (χ1v) is 7.03. The van der Waals surface area contributed by atoms with E-state index in [9.17, 15) is 4.39 Å². The summed E-state index contributed by atoms with van der Waals surface area (Å²) in [5.74, 6) is 1.28. The molecule has 7 heteroatoms. The predicted octanol–water partition coefficient (Wildman–Crippen LogP) is 1.93. The molecule has 0 saturated carbocycles. The summed E-state index contributed by atoms with van der Waals surface area (Å²) in [6, 6.07) is -0.0145. The number of nitrogens with one attached hydrogen (secondary N) is 1. The van der Waals surface area contributed by atoms with Gasteiger partial charge in [-0.1, -0.05) is 0 Å². The summed E-state index contributed by atoms with van der Waals surface area (Å²) >= 11 is 0. The molecule has 6 nitrogen and oxygen atoms in total. The second-order valence-electron chi connectivity index (χ2n) is 5.19. The Labute approximate surface area is 122 Å². The minimum Gasteiger partial charge on any atom is -0.381 e. The van der Waals surface area contributed by atoms with Crippen LogP contribution in [0.2, 0.25) is 0 Å². The average Bonchev–Trinajstić information content (AvgIpc) is 2.93. The lowest BCUT2D eigenvalue weighted by Gasteiger charge is -2.30. The van der Waals surface area contributed by atoms with Crippen molar-refractivity contribution in [1.82, 2.24) is 19.5 Å². The minimum absolute atomic E-state index is 0.0145. The topological polar surface area (TPSA) is 64.9 Å². The molecule has 1 N–H and O–H groups in total. The van der Waals surface area contributed by atoms with Crippen LogP contribution < -0.4 is 5.32 Å². The fraction of sp³-hybridized carbons (Fsp3) is 0.500. The van der Waals surface area contributed by atoms with Crippen molar-refractivity contribution >= 4 is 5.95 Å². The van der Waals surface area contributed by atoms with E-state index in [1.807, 2.05) is 17.8 Å². The molecule has 1 aliphatic heterocycles. The van der Waals surface area contributed by atoms with Crippen LogP contribution in [0.25, 0.3) is 0 Å². The third-order valence-corrected chi connectivity index (χ3v) is 3.78. The van der Waals surface area contributed by atoms with Crippen molar-refractivity contribution in [3.8, 4) is 0 Å². The first-order valence-electron chi connectivity index (χ1n) is 7.03. The van der Waals surface area contributed by atoms with E-state index in [2.05, 4.69) is 20.3 Å². The number of hydrogen-bond acceptors (Lipinski definition) is 5.